The summed E-state index contributed by atoms with van der Waals surface area (Å²) in [6.45, 7) is 4.49. The predicted octanol–water partition coefficient (Wildman–Crippen LogP) is 2.21. The second kappa shape index (κ2) is 4.38. The lowest BCUT2D eigenvalue weighted by molar-refractivity contribution is -0.422. The molecule has 0 N–H and O–H groups in total. The van der Waals surface area contributed by atoms with Gasteiger partial charge in [-0.05, 0) is 6.92 Å². The van der Waals surface area contributed by atoms with Gasteiger partial charge >= 0.3 is 5.70 Å². The Labute approximate surface area is 63.7 Å². The zero-order valence-electron chi connectivity index (χ0n) is 6.08. The van der Waals surface area contributed by atoms with Crippen LogP contribution in [0.2, 0.25) is 0 Å². The van der Waals surface area contributed by atoms with Crippen molar-refractivity contribution in [3.05, 3.63) is 46.4 Å². The van der Waals surface area contributed by atoms with Gasteiger partial charge < -0.3 is 0 Å². The summed E-state index contributed by atoms with van der Waals surface area (Å²) >= 11 is 0. The molecular weight excluding hydrogens is 149 g/mol. The summed E-state index contributed by atoms with van der Waals surface area (Å²) in [4.78, 5) is 9.23. The van der Waals surface area contributed by atoms with Gasteiger partial charge in [-0.3, -0.25) is 10.1 Å². The van der Waals surface area contributed by atoms with Crippen molar-refractivity contribution in [2.24, 2.45) is 0 Å². The third-order valence-electron chi connectivity index (χ3n) is 0.921. The lowest BCUT2D eigenvalue weighted by Gasteiger charge is -1.89. The van der Waals surface area contributed by atoms with Gasteiger partial charge in [0.05, 0.1) is 4.92 Å². The van der Waals surface area contributed by atoms with Gasteiger partial charge in [-0.25, -0.2) is 4.39 Å². The van der Waals surface area contributed by atoms with Crippen molar-refractivity contribution < 1.29 is 9.31 Å². The van der Waals surface area contributed by atoms with Crippen LogP contribution in [0.5, 0.6) is 0 Å². The molecule has 0 spiro atoms. The number of nitro groups is 1. The van der Waals surface area contributed by atoms with Gasteiger partial charge in [-0.2, -0.15) is 0 Å². The Morgan fingerprint density at radius 2 is 2.27 bits per heavy atom. The Morgan fingerprint density at radius 3 is 2.55 bits per heavy atom. The van der Waals surface area contributed by atoms with Crippen LogP contribution in [-0.4, -0.2) is 4.92 Å². The van der Waals surface area contributed by atoms with E-state index in [0.29, 0.717) is 0 Å². The third-order valence-corrected chi connectivity index (χ3v) is 0.921. The molecule has 0 aromatic heterocycles. The molecule has 0 fully saturated rings. The van der Waals surface area contributed by atoms with Crippen molar-refractivity contribution in [1.82, 2.24) is 0 Å². The van der Waals surface area contributed by atoms with Crippen LogP contribution < -0.4 is 0 Å². The number of halogens is 1. The predicted molar refractivity (Wildman–Crippen MR) is 40.1 cm³/mol. The minimum atomic E-state index is -1.03. The summed E-state index contributed by atoms with van der Waals surface area (Å²) in [5.41, 5.74) is -0.608. The van der Waals surface area contributed by atoms with E-state index in [0.717, 1.165) is 6.08 Å². The largest absolute Gasteiger partial charge is 0.304 e. The normalized spacial score (nSPS) is 12.0. The summed E-state index contributed by atoms with van der Waals surface area (Å²) in [6, 6.07) is 0. The molecule has 0 aromatic rings. The van der Waals surface area contributed by atoms with Crippen LogP contribution in [0.25, 0.3) is 0 Å². The van der Waals surface area contributed by atoms with Crippen molar-refractivity contribution >= 4 is 0 Å². The first-order valence-corrected chi connectivity index (χ1v) is 2.91. The topological polar surface area (TPSA) is 43.1 Å². The summed E-state index contributed by atoms with van der Waals surface area (Å²) in [6.07, 6.45) is 4.00. The number of hydrogen-bond acceptors (Lipinski definition) is 2. The van der Waals surface area contributed by atoms with Crippen molar-refractivity contribution in [2.45, 2.75) is 6.92 Å². The Bertz CT molecular complexity index is 215. The lowest BCUT2D eigenvalue weighted by Crippen LogP contribution is -1.97. The first-order chi connectivity index (χ1) is 5.09. The van der Waals surface area contributed by atoms with E-state index in [2.05, 4.69) is 6.58 Å². The zero-order chi connectivity index (χ0) is 8.85. The van der Waals surface area contributed by atoms with Crippen LogP contribution in [0, 0.1) is 10.1 Å². The highest BCUT2D eigenvalue weighted by Gasteiger charge is 2.12. The number of rotatable bonds is 3. The second-order valence-electron chi connectivity index (χ2n) is 1.74. The van der Waals surface area contributed by atoms with Crippen molar-refractivity contribution in [3.63, 3.8) is 0 Å². The zero-order valence-corrected chi connectivity index (χ0v) is 6.08. The molecule has 0 aromatic carbocycles. The number of hydrogen-bond donors (Lipinski definition) is 0. The molecule has 0 amide bonds. The average Bonchev–Trinajstić information content (AvgIpc) is 1.87. The number of nitrogens with zero attached hydrogens (tertiary/aromatic N) is 1. The quantitative estimate of drug-likeness (QED) is 0.358. The van der Waals surface area contributed by atoms with Gasteiger partial charge in [0.15, 0.2) is 5.83 Å². The van der Waals surface area contributed by atoms with E-state index in [-0.39, 0.29) is 0 Å². The van der Waals surface area contributed by atoms with E-state index < -0.39 is 16.4 Å². The highest BCUT2D eigenvalue weighted by Crippen LogP contribution is 2.08. The fourth-order valence-corrected chi connectivity index (χ4v) is 0.438. The first-order valence-electron chi connectivity index (χ1n) is 2.91. The molecule has 60 valence electrons. The molecule has 4 heteroatoms. The Hall–Kier alpha value is -1.45. The molecular formula is C7H8FNO2. The third kappa shape index (κ3) is 3.30. The minimum absolute atomic E-state index is 0.608. The van der Waals surface area contributed by atoms with Crippen molar-refractivity contribution in [2.75, 3.05) is 0 Å². The van der Waals surface area contributed by atoms with Crippen LogP contribution >= 0.6 is 0 Å². The first kappa shape index (κ1) is 9.55. The van der Waals surface area contributed by atoms with Gasteiger partial charge in [0.25, 0.3) is 0 Å². The monoisotopic (exact) mass is 157 g/mol. The highest BCUT2D eigenvalue weighted by atomic mass is 19.1. The maximum Gasteiger partial charge on any atom is 0.304 e. The van der Waals surface area contributed by atoms with E-state index >= 15 is 0 Å². The van der Waals surface area contributed by atoms with Gasteiger partial charge in [0, 0.05) is 6.08 Å². The Morgan fingerprint density at radius 1 is 1.73 bits per heavy atom. The second-order valence-corrected chi connectivity index (χ2v) is 1.74. The van der Waals surface area contributed by atoms with Gasteiger partial charge in [-0.15, -0.1) is 0 Å². The molecule has 0 saturated heterocycles. The molecule has 3 nitrogen and oxygen atoms in total. The molecule has 11 heavy (non-hydrogen) atoms. The van der Waals surface area contributed by atoms with Crippen LogP contribution in [0.3, 0.4) is 0 Å². The molecule has 0 aliphatic rings. The SMILES string of the molecule is C=C(F)/C(=C\C=C/C)[N+](=O)[O-]. The standard InChI is InChI=1S/C7H8FNO2/c1-3-4-5-7(6(2)8)9(10)11/h3-5H,2H2,1H3/b4-3-,7-5+. The summed E-state index contributed by atoms with van der Waals surface area (Å²) in [7, 11) is 0. The van der Waals surface area contributed by atoms with Crippen LogP contribution in [-0.2, 0) is 0 Å². The summed E-state index contributed by atoms with van der Waals surface area (Å²) in [5.74, 6) is -1.03. The van der Waals surface area contributed by atoms with Gasteiger partial charge in [0.1, 0.15) is 0 Å². The van der Waals surface area contributed by atoms with Crippen LogP contribution in [0.15, 0.2) is 36.3 Å². The van der Waals surface area contributed by atoms with E-state index in [1.54, 1.807) is 13.0 Å². The fraction of sp³-hybridized carbons (Fsp3) is 0.143. The fourth-order valence-electron chi connectivity index (χ4n) is 0.438. The average molecular weight is 157 g/mol. The van der Waals surface area contributed by atoms with E-state index in [4.69, 9.17) is 0 Å². The highest BCUT2D eigenvalue weighted by molar-refractivity contribution is 5.19. The van der Waals surface area contributed by atoms with E-state index in [1.807, 2.05) is 0 Å². The maximum atomic E-state index is 12.2. The van der Waals surface area contributed by atoms with Crippen molar-refractivity contribution in [3.8, 4) is 0 Å². The van der Waals surface area contributed by atoms with Gasteiger partial charge in [0.2, 0.25) is 0 Å². The van der Waals surface area contributed by atoms with E-state index in [9.17, 15) is 14.5 Å². The maximum absolute atomic E-state index is 12.2. The lowest BCUT2D eigenvalue weighted by atomic mass is 10.3. The molecule has 0 aliphatic carbocycles. The summed E-state index contributed by atoms with van der Waals surface area (Å²) < 4.78 is 12.2. The molecule has 0 unspecified atom stereocenters. The molecule has 0 rings (SSSR count). The molecule has 0 heterocycles. The smallest absolute Gasteiger partial charge is 0.258 e. The number of allylic oxidation sites excluding steroid dienone is 4. The summed E-state index contributed by atoms with van der Waals surface area (Å²) in [5, 5.41) is 10.0. The molecule has 0 atom stereocenters. The molecule has 0 aliphatic heterocycles. The van der Waals surface area contributed by atoms with Crippen molar-refractivity contribution in [1.29, 1.82) is 0 Å². The molecule has 0 radical (unpaired) electrons. The molecule has 0 bridgehead atoms. The van der Waals surface area contributed by atoms with E-state index in [1.165, 1.54) is 6.08 Å². The van der Waals surface area contributed by atoms with Crippen LogP contribution in [0.1, 0.15) is 6.92 Å². The minimum Gasteiger partial charge on any atom is -0.258 e. The van der Waals surface area contributed by atoms with Gasteiger partial charge in [-0.1, -0.05) is 18.7 Å². The Balaban J connectivity index is 4.60. The molecule has 0 saturated carbocycles. The van der Waals surface area contributed by atoms with Crippen LogP contribution in [0.4, 0.5) is 4.39 Å². The Kier molecular flexibility index (Phi) is 3.80.